The monoisotopic (exact) mass is 326 g/mol. The Labute approximate surface area is 138 Å². The van der Waals surface area contributed by atoms with Crippen LogP contribution in [-0.2, 0) is 13.1 Å². The second kappa shape index (κ2) is 8.96. The van der Waals surface area contributed by atoms with Crippen molar-refractivity contribution in [3.05, 3.63) is 22.5 Å². The predicted octanol–water partition coefficient (Wildman–Crippen LogP) is 4.39. The van der Waals surface area contributed by atoms with Crippen molar-refractivity contribution in [2.75, 3.05) is 13.6 Å². The summed E-state index contributed by atoms with van der Waals surface area (Å²) < 4.78 is 6.96. The molecule has 0 amide bonds. The Morgan fingerprint density at radius 3 is 2.41 bits per heavy atom. The van der Waals surface area contributed by atoms with Gasteiger partial charge in [0.2, 0.25) is 0 Å². The Bertz CT molecular complexity index is 577. The summed E-state index contributed by atoms with van der Waals surface area (Å²) in [5, 5.41) is 9.26. The molecule has 5 nitrogen and oxygen atoms in total. The highest BCUT2D eigenvalue weighted by Crippen LogP contribution is 2.32. The molecule has 2 aromatic rings. The third-order valence-electron chi connectivity index (χ3n) is 3.29. The number of hydrogen-bond acceptors (Lipinski definition) is 4. The van der Waals surface area contributed by atoms with Gasteiger partial charge in [-0.15, -0.1) is 0 Å². The van der Waals surface area contributed by atoms with Gasteiger partial charge in [0.1, 0.15) is 17.7 Å². The Morgan fingerprint density at radius 1 is 1.14 bits per heavy atom. The Hall–Kier alpha value is -1.33. The summed E-state index contributed by atoms with van der Waals surface area (Å²) in [5.41, 5.74) is 3.49. The van der Waals surface area contributed by atoms with Gasteiger partial charge in [-0.05, 0) is 20.4 Å². The topological polar surface area (TPSA) is 47.1 Å². The maximum Gasteiger partial charge on any atom is 0.138 e. The molecule has 3 rings (SSSR count). The van der Waals surface area contributed by atoms with Crippen LogP contribution in [0.15, 0.2) is 10.8 Å². The van der Waals surface area contributed by atoms with Crippen LogP contribution >= 0.6 is 11.6 Å². The van der Waals surface area contributed by atoms with E-state index in [0.29, 0.717) is 5.02 Å². The Balaban J connectivity index is 0.000000561. The fourth-order valence-corrected chi connectivity index (χ4v) is 2.59. The molecule has 0 bridgehead atoms. The van der Waals surface area contributed by atoms with Crippen LogP contribution in [0.25, 0.3) is 11.4 Å². The molecule has 0 fully saturated rings. The highest BCUT2D eigenvalue weighted by Gasteiger charge is 2.23. The lowest BCUT2D eigenvalue weighted by molar-refractivity contribution is 0.332. The van der Waals surface area contributed by atoms with E-state index in [2.05, 4.69) is 22.2 Å². The lowest BCUT2D eigenvalue weighted by Gasteiger charge is -2.11. The quantitative estimate of drug-likeness (QED) is 0.779. The van der Waals surface area contributed by atoms with E-state index in [1.54, 1.807) is 6.26 Å². The Kier molecular flexibility index (Phi) is 7.62. The third kappa shape index (κ3) is 3.90. The number of hydrogen-bond donors (Lipinski definition) is 0. The van der Waals surface area contributed by atoms with E-state index in [9.17, 15) is 0 Å². The van der Waals surface area contributed by atoms with Crippen LogP contribution in [0.5, 0.6) is 0 Å². The van der Waals surface area contributed by atoms with Gasteiger partial charge >= 0.3 is 0 Å². The van der Waals surface area contributed by atoms with Crippen molar-refractivity contribution in [2.24, 2.45) is 0 Å². The van der Waals surface area contributed by atoms with Crippen LogP contribution in [0.4, 0.5) is 0 Å². The summed E-state index contributed by atoms with van der Waals surface area (Å²) in [6, 6.07) is 0. The van der Waals surface area contributed by atoms with Crippen molar-refractivity contribution in [1.29, 1.82) is 0 Å². The number of halogens is 1. The summed E-state index contributed by atoms with van der Waals surface area (Å²) in [6.45, 7) is 12.7. The third-order valence-corrected chi connectivity index (χ3v) is 3.69. The zero-order valence-electron chi connectivity index (χ0n) is 14.5. The average Bonchev–Trinajstić information content (AvgIpc) is 3.02. The maximum absolute atomic E-state index is 6.45. The van der Waals surface area contributed by atoms with Crippen LogP contribution in [-0.4, -0.2) is 33.4 Å². The molecule has 0 aromatic carbocycles. The minimum absolute atomic E-state index is 0.695. The molecule has 6 heteroatoms. The van der Waals surface area contributed by atoms with Gasteiger partial charge in [0.25, 0.3) is 0 Å². The van der Waals surface area contributed by atoms with E-state index >= 15 is 0 Å². The van der Waals surface area contributed by atoms with Crippen molar-refractivity contribution in [3.8, 4) is 11.4 Å². The first-order valence-corrected chi connectivity index (χ1v) is 8.39. The van der Waals surface area contributed by atoms with Crippen molar-refractivity contribution in [3.63, 3.8) is 0 Å². The van der Waals surface area contributed by atoms with Gasteiger partial charge in [-0.2, -0.15) is 5.10 Å². The van der Waals surface area contributed by atoms with Gasteiger partial charge in [0.15, 0.2) is 0 Å². The minimum atomic E-state index is 0.695. The van der Waals surface area contributed by atoms with E-state index in [-0.39, 0.29) is 0 Å². The van der Waals surface area contributed by atoms with Gasteiger partial charge in [-0.3, -0.25) is 4.68 Å². The lowest BCUT2D eigenvalue weighted by Crippen LogP contribution is -2.17. The minimum Gasteiger partial charge on any atom is -0.364 e. The molecular weight excluding hydrogens is 300 g/mol. The van der Waals surface area contributed by atoms with Crippen molar-refractivity contribution < 1.29 is 4.52 Å². The van der Waals surface area contributed by atoms with E-state index in [1.807, 2.05) is 39.3 Å². The van der Waals surface area contributed by atoms with Gasteiger partial charge in [0, 0.05) is 25.2 Å². The van der Waals surface area contributed by atoms with Gasteiger partial charge in [-0.25, -0.2) is 0 Å². The smallest absolute Gasteiger partial charge is 0.138 e. The molecule has 124 valence electrons. The summed E-state index contributed by atoms with van der Waals surface area (Å²) >= 11 is 6.45. The Morgan fingerprint density at radius 2 is 1.82 bits per heavy atom. The zero-order valence-corrected chi connectivity index (χ0v) is 15.2. The van der Waals surface area contributed by atoms with Gasteiger partial charge in [0.05, 0.1) is 10.7 Å². The fraction of sp³-hybridized carbons (Fsp3) is 0.625. The average molecular weight is 327 g/mol. The van der Waals surface area contributed by atoms with Crippen LogP contribution in [0, 0.1) is 6.92 Å². The molecule has 0 radical (unpaired) electrons. The molecule has 0 saturated carbocycles. The van der Waals surface area contributed by atoms with E-state index in [1.165, 1.54) is 0 Å². The second-order valence-electron chi connectivity index (χ2n) is 4.77. The van der Waals surface area contributed by atoms with Crippen LogP contribution in [0.3, 0.4) is 0 Å². The molecule has 0 aliphatic carbocycles. The first-order chi connectivity index (χ1) is 10.7. The molecule has 3 heterocycles. The SMILES string of the molecule is CC.CC.Cc1conc1-c1nn2c(c1Cl)CN(C)CCC2. The zero-order chi connectivity index (χ0) is 16.7. The fourth-order valence-electron chi connectivity index (χ4n) is 2.30. The number of nitrogens with zero attached hydrogens (tertiary/aromatic N) is 4. The molecule has 22 heavy (non-hydrogen) atoms. The normalized spacial score (nSPS) is 14.1. The van der Waals surface area contributed by atoms with Crippen LogP contribution in [0.1, 0.15) is 45.4 Å². The summed E-state index contributed by atoms with van der Waals surface area (Å²) in [6.07, 6.45) is 2.70. The van der Waals surface area contributed by atoms with Gasteiger partial charge < -0.3 is 9.42 Å². The van der Waals surface area contributed by atoms with Crippen molar-refractivity contribution >= 4 is 11.6 Å². The molecule has 1 aliphatic rings. The number of aryl methyl sites for hydroxylation is 2. The highest BCUT2D eigenvalue weighted by atomic mass is 35.5. The van der Waals surface area contributed by atoms with Crippen LogP contribution in [0.2, 0.25) is 5.02 Å². The second-order valence-corrected chi connectivity index (χ2v) is 5.15. The molecule has 0 N–H and O–H groups in total. The maximum atomic E-state index is 6.45. The molecule has 2 aromatic heterocycles. The van der Waals surface area contributed by atoms with Crippen LogP contribution < -0.4 is 0 Å². The van der Waals surface area contributed by atoms with E-state index in [0.717, 1.165) is 48.7 Å². The molecule has 0 saturated heterocycles. The van der Waals surface area contributed by atoms with E-state index in [4.69, 9.17) is 16.1 Å². The molecular formula is C16H27ClN4O. The first kappa shape index (κ1) is 18.7. The predicted molar refractivity (Wildman–Crippen MR) is 91.1 cm³/mol. The summed E-state index contributed by atoms with van der Waals surface area (Å²) in [7, 11) is 2.10. The van der Waals surface area contributed by atoms with Crippen molar-refractivity contribution in [2.45, 2.75) is 54.1 Å². The number of rotatable bonds is 1. The molecule has 0 unspecified atom stereocenters. The summed E-state index contributed by atoms with van der Waals surface area (Å²) in [4.78, 5) is 2.26. The van der Waals surface area contributed by atoms with Gasteiger partial charge in [-0.1, -0.05) is 44.5 Å². The lowest BCUT2D eigenvalue weighted by atomic mass is 10.2. The van der Waals surface area contributed by atoms with E-state index < -0.39 is 0 Å². The molecule has 0 spiro atoms. The standard InChI is InChI=1S/C12H15ClN4O.2C2H6/c1-8-7-18-15-11(8)12-10(13)9-6-16(2)4-3-5-17(9)14-12;2*1-2/h7H,3-6H2,1-2H3;2*1-2H3. The highest BCUT2D eigenvalue weighted by molar-refractivity contribution is 6.33. The first-order valence-electron chi connectivity index (χ1n) is 8.02. The van der Waals surface area contributed by atoms with Crippen molar-refractivity contribution in [1.82, 2.24) is 19.8 Å². The number of fused-ring (bicyclic) bond motifs is 1. The number of aromatic nitrogens is 3. The molecule has 0 atom stereocenters. The summed E-state index contributed by atoms with van der Waals surface area (Å²) in [5.74, 6) is 0. The largest absolute Gasteiger partial charge is 0.364 e. The molecule has 1 aliphatic heterocycles.